The van der Waals surface area contributed by atoms with Gasteiger partial charge in [-0.1, -0.05) is 13.8 Å². The molecule has 0 aliphatic heterocycles. The van der Waals surface area contributed by atoms with Gasteiger partial charge in [0, 0.05) is 36.6 Å². The van der Waals surface area contributed by atoms with E-state index in [1.54, 1.807) is 48.3 Å². The van der Waals surface area contributed by atoms with Gasteiger partial charge >= 0.3 is 0 Å². The van der Waals surface area contributed by atoms with Crippen LogP contribution < -0.4 is 5.32 Å². The van der Waals surface area contributed by atoms with Crippen molar-refractivity contribution in [2.75, 3.05) is 5.32 Å². The van der Waals surface area contributed by atoms with Crippen molar-refractivity contribution in [3.05, 3.63) is 48.0 Å². The third-order valence-corrected chi connectivity index (χ3v) is 3.50. The first-order chi connectivity index (χ1) is 10.0. The van der Waals surface area contributed by atoms with Gasteiger partial charge in [0.05, 0.1) is 0 Å². The fourth-order valence-corrected chi connectivity index (χ4v) is 1.87. The molecule has 1 amide bonds. The Morgan fingerprint density at radius 2 is 1.95 bits per heavy atom. The number of rotatable bonds is 5. The normalized spacial score (nSPS) is 12.0. The maximum atomic E-state index is 12.2. The minimum Gasteiger partial charge on any atom is -0.331 e. The summed E-state index contributed by atoms with van der Waals surface area (Å²) in [6, 6.07) is 6.86. The molecule has 0 spiro atoms. The molecular weight excluding hydrogens is 266 g/mol. The summed E-state index contributed by atoms with van der Waals surface area (Å²) >= 11 is 0. The number of anilines is 1. The number of nitrogens with zero attached hydrogens (tertiary/aromatic N) is 2. The molecule has 21 heavy (non-hydrogen) atoms. The number of hydrogen-bond donors (Lipinski definition) is 1. The molecule has 1 unspecified atom stereocenters. The minimum absolute atomic E-state index is 0.0133. The van der Waals surface area contributed by atoms with Crippen LogP contribution in [0, 0.1) is 5.92 Å². The van der Waals surface area contributed by atoms with E-state index in [9.17, 15) is 9.59 Å². The molecule has 1 N–H and O–H groups in total. The van der Waals surface area contributed by atoms with Crippen LogP contribution in [-0.2, 0) is 11.8 Å². The Kier molecular flexibility index (Phi) is 4.52. The molecule has 110 valence electrons. The van der Waals surface area contributed by atoms with E-state index in [1.165, 1.54) is 0 Å². The summed E-state index contributed by atoms with van der Waals surface area (Å²) in [7, 11) is 1.78. The molecular formula is C16H19N3O2. The van der Waals surface area contributed by atoms with Crippen LogP contribution >= 0.6 is 0 Å². The highest BCUT2D eigenvalue weighted by molar-refractivity contribution is 6.07. The number of amides is 1. The van der Waals surface area contributed by atoms with Crippen LogP contribution in [0.3, 0.4) is 0 Å². The Morgan fingerprint density at radius 1 is 1.29 bits per heavy atom. The maximum Gasteiger partial charge on any atom is 0.228 e. The summed E-state index contributed by atoms with van der Waals surface area (Å²) < 4.78 is 1.68. The second-order valence-electron chi connectivity index (χ2n) is 5.07. The van der Waals surface area contributed by atoms with Crippen molar-refractivity contribution < 1.29 is 9.59 Å². The molecule has 2 aromatic rings. The number of nitrogens with one attached hydrogen (secondary N) is 1. The van der Waals surface area contributed by atoms with Gasteiger partial charge in [-0.2, -0.15) is 0 Å². The highest BCUT2D eigenvalue weighted by Gasteiger charge is 2.14. The predicted molar refractivity (Wildman–Crippen MR) is 81.2 cm³/mol. The lowest BCUT2D eigenvalue weighted by Gasteiger charge is -2.10. The average Bonchev–Trinajstić information content (AvgIpc) is 2.92. The van der Waals surface area contributed by atoms with Crippen LogP contribution in [0.4, 0.5) is 5.69 Å². The van der Waals surface area contributed by atoms with Crippen LogP contribution in [0.15, 0.2) is 36.7 Å². The number of ketones is 1. The maximum absolute atomic E-state index is 12.2. The molecule has 2 rings (SSSR count). The van der Waals surface area contributed by atoms with E-state index in [0.717, 1.165) is 6.42 Å². The molecule has 0 radical (unpaired) electrons. The van der Waals surface area contributed by atoms with Gasteiger partial charge in [0.1, 0.15) is 0 Å². The fourth-order valence-electron chi connectivity index (χ4n) is 1.87. The van der Waals surface area contributed by atoms with E-state index in [0.29, 0.717) is 17.1 Å². The number of aromatic nitrogens is 2. The molecule has 1 aromatic heterocycles. The molecule has 5 heteroatoms. The number of benzene rings is 1. The highest BCUT2D eigenvalue weighted by Crippen LogP contribution is 2.14. The Labute approximate surface area is 124 Å². The number of carbonyl (C=O) groups excluding carboxylic acids is 2. The molecule has 1 atom stereocenters. The van der Waals surface area contributed by atoms with Crippen LogP contribution in [-0.4, -0.2) is 21.2 Å². The third-order valence-electron chi connectivity index (χ3n) is 3.50. The zero-order valence-corrected chi connectivity index (χ0v) is 12.5. The molecule has 5 nitrogen and oxygen atoms in total. The van der Waals surface area contributed by atoms with Crippen molar-refractivity contribution in [2.24, 2.45) is 13.0 Å². The standard InChI is InChI=1S/C16H19N3O2/c1-4-11(2)16(21)18-13-7-5-12(6-8-13)14(20)15-17-9-10-19(15)3/h5-11H,4H2,1-3H3,(H,18,21). The van der Waals surface area contributed by atoms with Gasteiger partial charge in [-0.05, 0) is 30.7 Å². The first kappa shape index (κ1) is 15.0. The number of carbonyl (C=O) groups is 2. The lowest BCUT2D eigenvalue weighted by Crippen LogP contribution is -2.19. The van der Waals surface area contributed by atoms with E-state index in [-0.39, 0.29) is 17.6 Å². The van der Waals surface area contributed by atoms with Gasteiger partial charge in [-0.15, -0.1) is 0 Å². The summed E-state index contributed by atoms with van der Waals surface area (Å²) in [4.78, 5) is 28.1. The molecule has 1 aromatic carbocycles. The second kappa shape index (κ2) is 6.35. The smallest absolute Gasteiger partial charge is 0.228 e. The van der Waals surface area contributed by atoms with Crippen molar-refractivity contribution in [1.29, 1.82) is 0 Å². The van der Waals surface area contributed by atoms with Gasteiger partial charge in [0.15, 0.2) is 5.82 Å². The summed E-state index contributed by atoms with van der Waals surface area (Å²) in [5.74, 6) is 0.216. The molecule has 0 aliphatic rings. The summed E-state index contributed by atoms with van der Waals surface area (Å²) in [5, 5.41) is 2.83. The average molecular weight is 285 g/mol. The monoisotopic (exact) mass is 285 g/mol. The molecule has 0 aliphatic carbocycles. The van der Waals surface area contributed by atoms with Crippen LogP contribution in [0.5, 0.6) is 0 Å². The van der Waals surface area contributed by atoms with E-state index in [1.807, 2.05) is 13.8 Å². The van der Waals surface area contributed by atoms with Crippen LogP contribution in [0.2, 0.25) is 0 Å². The lowest BCUT2D eigenvalue weighted by molar-refractivity contribution is -0.119. The molecule has 0 saturated carbocycles. The molecule has 1 heterocycles. The number of aryl methyl sites for hydroxylation is 1. The van der Waals surface area contributed by atoms with Crippen molar-refractivity contribution in [3.8, 4) is 0 Å². The number of hydrogen-bond acceptors (Lipinski definition) is 3. The molecule has 0 bridgehead atoms. The van der Waals surface area contributed by atoms with Crippen molar-refractivity contribution in [1.82, 2.24) is 9.55 Å². The zero-order chi connectivity index (χ0) is 15.4. The molecule has 0 saturated heterocycles. The van der Waals surface area contributed by atoms with E-state index in [2.05, 4.69) is 10.3 Å². The van der Waals surface area contributed by atoms with Crippen molar-refractivity contribution >= 4 is 17.4 Å². The third kappa shape index (κ3) is 3.37. The van der Waals surface area contributed by atoms with Crippen molar-refractivity contribution in [3.63, 3.8) is 0 Å². The lowest BCUT2D eigenvalue weighted by atomic mass is 10.1. The summed E-state index contributed by atoms with van der Waals surface area (Å²) in [6.07, 6.45) is 4.11. The summed E-state index contributed by atoms with van der Waals surface area (Å²) in [6.45, 7) is 3.85. The van der Waals surface area contributed by atoms with Gasteiger partial charge in [-0.3, -0.25) is 9.59 Å². The Morgan fingerprint density at radius 3 is 2.48 bits per heavy atom. The van der Waals surface area contributed by atoms with Gasteiger partial charge < -0.3 is 9.88 Å². The zero-order valence-electron chi connectivity index (χ0n) is 12.5. The Hall–Kier alpha value is -2.43. The van der Waals surface area contributed by atoms with Gasteiger partial charge in [0.25, 0.3) is 0 Å². The van der Waals surface area contributed by atoms with E-state index in [4.69, 9.17) is 0 Å². The SMILES string of the molecule is CCC(C)C(=O)Nc1ccc(C(=O)c2nccn2C)cc1. The largest absolute Gasteiger partial charge is 0.331 e. The van der Waals surface area contributed by atoms with E-state index >= 15 is 0 Å². The molecule has 0 fully saturated rings. The Balaban J connectivity index is 2.11. The predicted octanol–water partition coefficient (Wildman–Crippen LogP) is 2.64. The van der Waals surface area contributed by atoms with Crippen LogP contribution in [0.1, 0.15) is 36.5 Å². The van der Waals surface area contributed by atoms with Gasteiger partial charge in [0.2, 0.25) is 11.7 Å². The first-order valence-electron chi connectivity index (χ1n) is 6.96. The highest BCUT2D eigenvalue weighted by atomic mass is 16.2. The Bertz CT molecular complexity index is 644. The fraction of sp³-hybridized carbons (Fsp3) is 0.312. The minimum atomic E-state index is -0.137. The summed E-state index contributed by atoms with van der Waals surface area (Å²) in [5.41, 5.74) is 1.24. The van der Waals surface area contributed by atoms with E-state index < -0.39 is 0 Å². The van der Waals surface area contributed by atoms with Crippen molar-refractivity contribution in [2.45, 2.75) is 20.3 Å². The quantitative estimate of drug-likeness (QED) is 0.859. The number of imidazole rings is 1. The van der Waals surface area contributed by atoms with Gasteiger partial charge in [-0.25, -0.2) is 4.98 Å². The first-order valence-corrected chi connectivity index (χ1v) is 6.96. The van der Waals surface area contributed by atoms with Crippen LogP contribution in [0.25, 0.3) is 0 Å². The second-order valence-corrected chi connectivity index (χ2v) is 5.07. The topological polar surface area (TPSA) is 64.0 Å².